The maximum absolute atomic E-state index is 14.8. The van der Waals surface area contributed by atoms with Crippen LogP contribution in [-0.4, -0.2) is 33.6 Å². The van der Waals surface area contributed by atoms with E-state index in [1.165, 1.54) is 11.0 Å². The van der Waals surface area contributed by atoms with Gasteiger partial charge >= 0.3 is 0 Å². The van der Waals surface area contributed by atoms with Gasteiger partial charge in [-0.05, 0) is 39.0 Å². The maximum Gasteiger partial charge on any atom is 0.237 e. The van der Waals surface area contributed by atoms with Crippen molar-refractivity contribution in [2.75, 3.05) is 12.4 Å². The smallest absolute Gasteiger partial charge is 0.237 e. The molecule has 1 atom stereocenters. The second kappa shape index (κ2) is 6.77. The predicted octanol–water partition coefficient (Wildman–Crippen LogP) is 2.85. The Labute approximate surface area is 168 Å². The molecule has 2 heterocycles. The Morgan fingerprint density at radius 1 is 1.29 bits per heavy atom. The Bertz CT molecular complexity index is 969. The number of guanidine groups is 1. The zero-order chi connectivity index (χ0) is 20.9. The van der Waals surface area contributed by atoms with Gasteiger partial charge in [0, 0.05) is 31.5 Å². The molecule has 2 aromatic rings. The summed E-state index contributed by atoms with van der Waals surface area (Å²) in [5.41, 5.74) is 5.42. The fourth-order valence-corrected chi connectivity index (χ4v) is 3.64. The summed E-state index contributed by atoms with van der Waals surface area (Å²) < 4.78 is 16.5. The molecule has 0 unspecified atom stereocenters. The van der Waals surface area contributed by atoms with Crippen LogP contribution >= 0.6 is 11.6 Å². The highest BCUT2D eigenvalue weighted by atomic mass is 35.5. The van der Waals surface area contributed by atoms with E-state index in [9.17, 15) is 9.18 Å². The Morgan fingerprint density at radius 2 is 1.96 bits per heavy atom. The zero-order valence-corrected chi connectivity index (χ0v) is 17.3. The molecule has 0 radical (unpaired) electrons. The summed E-state index contributed by atoms with van der Waals surface area (Å²) in [6, 6.07) is 4.63. The van der Waals surface area contributed by atoms with Crippen LogP contribution in [-0.2, 0) is 23.9 Å². The highest BCUT2D eigenvalue weighted by Gasteiger charge is 2.53. The minimum atomic E-state index is -1.16. The molecular formula is C19H24ClFN6O. The third-order valence-electron chi connectivity index (χ3n) is 5.54. The van der Waals surface area contributed by atoms with Gasteiger partial charge in [0.25, 0.3) is 0 Å². The monoisotopic (exact) mass is 406 g/mol. The number of nitrogens with zero attached hydrogens (tertiary/aromatic N) is 4. The largest absolute Gasteiger partial charge is 0.379 e. The fraction of sp³-hybridized carbons (Fsp3) is 0.421. The van der Waals surface area contributed by atoms with Gasteiger partial charge in [0.05, 0.1) is 17.0 Å². The first-order chi connectivity index (χ1) is 13.0. The van der Waals surface area contributed by atoms with Gasteiger partial charge < -0.3 is 11.1 Å². The number of aryl methyl sites for hydroxylation is 1. The molecule has 0 saturated carbocycles. The summed E-state index contributed by atoms with van der Waals surface area (Å²) in [4.78, 5) is 18.6. The molecule has 28 heavy (non-hydrogen) atoms. The number of rotatable bonds is 4. The van der Waals surface area contributed by atoms with E-state index in [1.807, 2.05) is 0 Å². The van der Waals surface area contributed by atoms with E-state index < -0.39 is 16.8 Å². The number of hydrogen-bond acceptors (Lipinski definition) is 5. The van der Waals surface area contributed by atoms with Crippen molar-refractivity contribution < 1.29 is 9.18 Å². The Morgan fingerprint density at radius 3 is 2.57 bits per heavy atom. The summed E-state index contributed by atoms with van der Waals surface area (Å²) in [6.45, 7) is 5.59. The molecule has 1 aliphatic rings. The van der Waals surface area contributed by atoms with Crippen molar-refractivity contribution in [3.05, 3.63) is 46.5 Å². The number of nitrogens with one attached hydrogen (secondary N) is 1. The van der Waals surface area contributed by atoms with Crippen molar-refractivity contribution in [3.63, 3.8) is 0 Å². The van der Waals surface area contributed by atoms with Crippen LogP contribution in [0.5, 0.6) is 0 Å². The normalized spacial score (nSPS) is 21.6. The summed E-state index contributed by atoms with van der Waals surface area (Å²) in [6.07, 6.45) is 1.71. The van der Waals surface area contributed by atoms with Crippen molar-refractivity contribution in [3.8, 4) is 0 Å². The number of aliphatic imine (C=N–C) groups is 1. The van der Waals surface area contributed by atoms with Crippen molar-refractivity contribution in [2.24, 2.45) is 23.2 Å². The lowest BCUT2D eigenvalue weighted by Gasteiger charge is -2.46. The van der Waals surface area contributed by atoms with Crippen LogP contribution in [0.4, 0.5) is 10.1 Å². The number of carbonyl (C=O) groups is 1. The number of anilines is 1. The van der Waals surface area contributed by atoms with Crippen molar-refractivity contribution in [1.29, 1.82) is 0 Å². The number of benzene rings is 1. The van der Waals surface area contributed by atoms with E-state index in [0.717, 1.165) is 0 Å². The lowest BCUT2D eigenvalue weighted by Crippen LogP contribution is -2.58. The van der Waals surface area contributed by atoms with Crippen molar-refractivity contribution in [2.45, 2.75) is 32.9 Å². The third-order valence-corrected chi connectivity index (χ3v) is 5.86. The van der Waals surface area contributed by atoms with Gasteiger partial charge in [-0.3, -0.25) is 14.4 Å². The van der Waals surface area contributed by atoms with E-state index in [0.29, 0.717) is 28.5 Å². The molecule has 1 aromatic carbocycles. The number of amides is 1. The first-order valence-corrected chi connectivity index (χ1v) is 9.20. The molecular weight excluding hydrogens is 383 g/mol. The average molecular weight is 407 g/mol. The second-order valence-electron chi connectivity index (χ2n) is 7.68. The minimum absolute atomic E-state index is 0.0601. The lowest BCUT2D eigenvalue weighted by molar-refractivity contribution is -0.140. The van der Waals surface area contributed by atoms with E-state index in [2.05, 4.69) is 15.4 Å². The molecule has 0 bridgehead atoms. The first kappa shape index (κ1) is 20.1. The van der Waals surface area contributed by atoms with Crippen LogP contribution in [0.3, 0.4) is 0 Å². The maximum atomic E-state index is 14.8. The summed E-state index contributed by atoms with van der Waals surface area (Å²) >= 11 is 6.14. The molecule has 0 aliphatic carbocycles. The number of aromatic nitrogens is 2. The zero-order valence-electron chi connectivity index (χ0n) is 16.5. The molecule has 3 rings (SSSR count). The quantitative estimate of drug-likeness (QED) is 0.817. The van der Waals surface area contributed by atoms with Crippen molar-refractivity contribution >= 4 is 29.2 Å². The van der Waals surface area contributed by atoms with Crippen LogP contribution in [0.25, 0.3) is 0 Å². The molecule has 1 amide bonds. The molecule has 7 nitrogen and oxygen atoms in total. The van der Waals surface area contributed by atoms with Gasteiger partial charge in [0.15, 0.2) is 5.96 Å². The van der Waals surface area contributed by atoms with E-state index >= 15 is 0 Å². The fourth-order valence-electron chi connectivity index (χ4n) is 3.39. The molecule has 3 N–H and O–H groups in total. The molecule has 1 aliphatic heterocycles. The highest BCUT2D eigenvalue weighted by Crippen LogP contribution is 2.47. The van der Waals surface area contributed by atoms with Crippen LogP contribution < -0.4 is 11.1 Å². The molecule has 9 heteroatoms. The van der Waals surface area contributed by atoms with E-state index in [4.69, 9.17) is 17.3 Å². The van der Waals surface area contributed by atoms with Gasteiger partial charge in [0.2, 0.25) is 5.91 Å². The van der Waals surface area contributed by atoms with Crippen LogP contribution in [0.2, 0.25) is 5.02 Å². The highest BCUT2D eigenvalue weighted by molar-refractivity contribution is 6.31. The van der Waals surface area contributed by atoms with Crippen LogP contribution in [0, 0.1) is 11.2 Å². The number of hydrogen-bond donors (Lipinski definition) is 2. The SMILES string of the molecule is CN1C(=O)C(C)(C)[C@@](C)(c2cc(NCc3nn(C)cc3Cl)ccc2F)N=C1N. The summed E-state index contributed by atoms with van der Waals surface area (Å²) in [5.74, 6) is -0.615. The van der Waals surface area contributed by atoms with E-state index in [-0.39, 0.29) is 11.9 Å². The number of carbonyl (C=O) groups excluding carboxylic acids is 1. The van der Waals surface area contributed by atoms with Crippen molar-refractivity contribution in [1.82, 2.24) is 14.7 Å². The second-order valence-corrected chi connectivity index (χ2v) is 8.08. The van der Waals surface area contributed by atoms with Gasteiger partial charge in [-0.2, -0.15) is 5.10 Å². The topological polar surface area (TPSA) is 88.5 Å². The molecule has 150 valence electrons. The van der Waals surface area contributed by atoms with Gasteiger partial charge in [-0.15, -0.1) is 0 Å². The summed E-state index contributed by atoms with van der Waals surface area (Å²) in [7, 11) is 3.35. The van der Waals surface area contributed by atoms with Gasteiger partial charge in [0.1, 0.15) is 17.1 Å². The predicted molar refractivity (Wildman–Crippen MR) is 107 cm³/mol. The molecule has 0 spiro atoms. The Kier molecular flexibility index (Phi) is 4.87. The summed E-state index contributed by atoms with van der Waals surface area (Å²) in [5, 5.41) is 8.02. The molecule has 1 aromatic heterocycles. The van der Waals surface area contributed by atoms with Gasteiger partial charge in [-0.25, -0.2) is 9.38 Å². The average Bonchev–Trinajstić information content (AvgIpc) is 2.95. The van der Waals surface area contributed by atoms with Crippen LogP contribution in [0.15, 0.2) is 29.4 Å². The Hall–Kier alpha value is -2.61. The minimum Gasteiger partial charge on any atom is -0.379 e. The number of nitrogens with two attached hydrogens (primary N) is 1. The standard InChI is InChI=1S/C19H24ClFN6O/c1-18(2)16(28)27(5)17(22)24-19(18,3)12-8-11(6-7-14(12)21)23-9-15-13(20)10-26(4)25-15/h6-8,10,23H,9H2,1-5H3,(H2,22,24)/t19-/m1/s1. The third kappa shape index (κ3) is 3.11. The van der Waals surface area contributed by atoms with E-state index in [1.54, 1.807) is 57.9 Å². The van der Waals surface area contributed by atoms with Crippen LogP contribution in [0.1, 0.15) is 32.0 Å². The van der Waals surface area contributed by atoms with Gasteiger partial charge in [-0.1, -0.05) is 11.6 Å². The molecule has 0 fully saturated rings. The Balaban J connectivity index is 1.99. The first-order valence-electron chi connectivity index (χ1n) is 8.83. The lowest BCUT2D eigenvalue weighted by atomic mass is 9.67. The number of halogens is 2. The molecule has 0 saturated heterocycles.